The Balaban J connectivity index is 2.51. The molecule has 1 fully saturated rings. The number of likely N-dealkylation sites (N-methyl/N-ethyl adjacent to an activating group) is 1. The van der Waals surface area contributed by atoms with E-state index in [0.717, 1.165) is 11.9 Å². The highest BCUT2D eigenvalue weighted by Gasteiger charge is 2.46. The number of aliphatic hydroxyl groups excluding tert-OH is 3. The van der Waals surface area contributed by atoms with Crippen molar-refractivity contribution in [3.05, 3.63) is 36.0 Å². The van der Waals surface area contributed by atoms with E-state index >= 15 is 0 Å². The molecule has 41 heavy (non-hydrogen) atoms. The van der Waals surface area contributed by atoms with Crippen LogP contribution in [0.15, 0.2) is 36.0 Å². The maximum absolute atomic E-state index is 13.1. The number of esters is 1. The van der Waals surface area contributed by atoms with Gasteiger partial charge in [-0.05, 0) is 52.8 Å². The molecule has 0 amide bonds. The lowest BCUT2D eigenvalue weighted by molar-refractivity contribution is -0.300. The van der Waals surface area contributed by atoms with Crippen LogP contribution < -0.4 is 0 Å². The highest BCUT2D eigenvalue weighted by atomic mass is 16.7. The van der Waals surface area contributed by atoms with Gasteiger partial charge in [0.15, 0.2) is 12.1 Å². The van der Waals surface area contributed by atoms with Gasteiger partial charge < -0.3 is 39.2 Å². The maximum Gasteiger partial charge on any atom is 0.330 e. The summed E-state index contributed by atoms with van der Waals surface area (Å²) >= 11 is 0. The molecule has 3 N–H and O–H groups in total. The van der Waals surface area contributed by atoms with Crippen LogP contribution in [-0.4, -0.2) is 102 Å². The molecule has 1 unspecified atom stereocenters. The number of nitrogens with zero attached hydrogens (tertiary/aromatic N) is 1. The summed E-state index contributed by atoms with van der Waals surface area (Å²) in [5, 5.41) is 31.7. The second-order valence-electron chi connectivity index (χ2n) is 11.6. The molecule has 232 valence electrons. The Bertz CT molecular complexity index is 961. The quantitative estimate of drug-likeness (QED) is 0.303. The van der Waals surface area contributed by atoms with Gasteiger partial charge in [0, 0.05) is 30.3 Å². The molecule has 1 saturated heterocycles. The Hall–Kier alpha value is -2.21. The summed E-state index contributed by atoms with van der Waals surface area (Å²) in [6.07, 6.45) is 4.32. The summed E-state index contributed by atoms with van der Waals surface area (Å²) in [5.41, 5.74) is 0.746. The normalized spacial score (nSPS) is 40.9. The number of aldehydes is 1. The van der Waals surface area contributed by atoms with Crippen molar-refractivity contribution in [3.63, 3.8) is 0 Å². The standard InChI is InChI=1S/C31H49NO9/c1-8-25-23(17-34)15-18(2)9-11-24(35)20(4)16-22(13-14-33)30(19(3)10-12-26(36)40-25)41-31-29(38)27(32(6)7)28(37)21(5)39-31/h9-12,14-15,19-23,25,27-31,34,37-38H,8,13,16-17H2,1-7H3/b11-9+,12-10-,18-15+/t19-,20+,21+,22?,23+,25+,27-,28+,29+,30+,31-/m0/s1. The second kappa shape index (κ2) is 16.4. The number of aliphatic hydroxyl groups is 3. The van der Waals surface area contributed by atoms with Crippen molar-refractivity contribution in [3.8, 4) is 0 Å². The maximum atomic E-state index is 13.1. The van der Waals surface area contributed by atoms with Gasteiger partial charge in [0.25, 0.3) is 0 Å². The SMILES string of the molecule is CC[C@H]1OC(=O)/C=C\[C@H](C)[C@@H](O[C@@H]2O[C@H](C)[C@@H](O)[C@H](N(C)C)[C@H]2O)C(CC=O)C[C@@H](C)C(=O)/C=C/C(C)=C/[C@@H]1CO. The topological polar surface area (TPSA) is 143 Å². The van der Waals surface area contributed by atoms with Gasteiger partial charge in [0.2, 0.25) is 0 Å². The van der Waals surface area contributed by atoms with Gasteiger partial charge in [-0.25, -0.2) is 4.79 Å². The van der Waals surface area contributed by atoms with Crippen molar-refractivity contribution < 1.29 is 43.9 Å². The predicted octanol–water partition coefficient (Wildman–Crippen LogP) is 2.21. The minimum absolute atomic E-state index is 0.0851. The first-order chi connectivity index (χ1) is 19.3. The number of rotatable bonds is 7. The average Bonchev–Trinajstić information content (AvgIpc) is 2.92. The highest BCUT2D eigenvalue weighted by molar-refractivity contribution is 5.91. The molecule has 0 aromatic rings. The number of hydrogen-bond acceptors (Lipinski definition) is 10. The molecule has 0 aromatic carbocycles. The Morgan fingerprint density at radius 3 is 2.37 bits per heavy atom. The van der Waals surface area contributed by atoms with Crippen LogP contribution in [0.1, 0.15) is 53.9 Å². The van der Waals surface area contributed by atoms with Crippen molar-refractivity contribution in [1.29, 1.82) is 0 Å². The lowest BCUT2D eigenvalue weighted by Crippen LogP contribution is -2.63. The number of allylic oxidation sites excluding steroid dienone is 3. The molecule has 0 radical (unpaired) electrons. The predicted molar refractivity (Wildman–Crippen MR) is 154 cm³/mol. The zero-order valence-corrected chi connectivity index (χ0v) is 25.4. The third kappa shape index (κ3) is 9.66. The summed E-state index contributed by atoms with van der Waals surface area (Å²) in [6, 6.07) is -0.660. The van der Waals surface area contributed by atoms with E-state index in [-0.39, 0.29) is 18.8 Å². The molecule has 0 saturated carbocycles. The number of hydrogen-bond donors (Lipinski definition) is 3. The molecule has 10 heteroatoms. The molecule has 10 nitrogen and oxygen atoms in total. The molecule has 11 atom stereocenters. The number of cyclic esters (lactones) is 1. The smallest absolute Gasteiger partial charge is 0.330 e. The zero-order valence-electron chi connectivity index (χ0n) is 25.4. The first-order valence-electron chi connectivity index (χ1n) is 14.5. The monoisotopic (exact) mass is 579 g/mol. The molecular weight excluding hydrogens is 530 g/mol. The van der Waals surface area contributed by atoms with Gasteiger partial charge in [-0.1, -0.05) is 44.6 Å². The number of ketones is 1. The lowest BCUT2D eigenvalue weighted by Gasteiger charge is -2.46. The van der Waals surface area contributed by atoms with E-state index in [9.17, 15) is 29.7 Å². The van der Waals surface area contributed by atoms with E-state index in [4.69, 9.17) is 14.2 Å². The third-order valence-electron chi connectivity index (χ3n) is 8.10. The van der Waals surface area contributed by atoms with E-state index in [1.54, 1.807) is 51.1 Å². The molecule has 0 aromatic heterocycles. The summed E-state index contributed by atoms with van der Waals surface area (Å²) in [7, 11) is 3.49. The fourth-order valence-electron chi connectivity index (χ4n) is 5.66. The van der Waals surface area contributed by atoms with E-state index in [1.807, 2.05) is 20.8 Å². The van der Waals surface area contributed by atoms with Gasteiger partial charge in [-0.15, -0.1) is 0 Å². The number of carbonyl (C=O) groups excluding carboxylic acids is 3. The van der Waals surface area contributed by atoms with Crippen LogP contribution in [0.5, 0.6) is 0 Å². The second-order valence-corrected chi connectivity index (χ2v) is 11.6. The Labute approximate surface area is 244 Å². The molecule has 2 aliphatic heterocycles. The molecule has 0 spiro atoms. The van der Waals surface area contributed by atoms with E-state index in [0.29, 0.717) is 12.8 Å². The summed E-state index contributed by atoms with van der Waals surface area (Å²) in [6.45, 7) is 8.74. The average molecular weight is 580 g/mol. The van der Waals surface area contributed by atoms with Crippen LogP contribution in [0.2, 0.25) is 0 Å². The molecular formula is C31H49NO9. The van der Waals surface area contributed by atoms with Crippen LogP contribution in [0.25, 0.3) is 0 Å². The fraction of sp³-hybridized carbons (Fsp3) is 0.710. The Morgan fingerprint density at radius 2 is 1.78 bits per heavy atom. The van der Waals surface area contributed by atoms with Gasteiger partial charge in [0.1, 0.15) is 18.5 Å². The Kier molecular flexibility index (Phi) is 14.0. The van der Waals surface area contributed by atoms with Gasteiger partial charge in [0.05, 0.1) is 31.0 Å². The largest absolute Gasteiger partial charge is 0.459 e. The van der Waals surface area contributed by atoms with Crippen LogP contribution in [0, 0.1) is 23.7 Å². The minimum atomic E-state index is -1.20. The third-order valence-corrected chi connectivity index (χ3v) is 8.10. The summed E-state index contributed by atoms with van der Waals surface area (Å²) < 4.78 is 17.9. The lowest BCUT2D eigenvalue weighted by atomic mass is 9.81. The number of ether oxygens (including phenoxy) is 3. The molecule has 2 aliphatic rings. The van der Waals surface area contributed by atoms with Crippen LogP contribution in [0.4, 0.5) is 0 Å². The van der Waals surface area contributed by atoms with Crippen molar-refractivity contribution in [2.75, 3.05) is 20.7 Å². The van der Waals surface area contributed by atoms with Gasteiger partial charge in [-0.3, -0.25) is 4.79 Å². The fourth-order valence-corrected chi connectivity index (χ4v) is 5.66. The van der Waals surface area contributed by atoms with Crippen LogP contribution in [-0.2, 0) is 28.6 Å². The van der Waals surface area contributed by atoms with Gasteiger partial charge in [-0.2, -0.15) is 0 Å². The molecule has 2 rings (SSSR count). The van der Waals surface area contributed by atoms with Crippen LogP contribution in [0.3, 0.4) is 0 Å². The highest BCUT2D eigenvalue weighted by Crippen LogP contribution is 2.33. The van der Waals surface area contributed by atoms with Crippen molar-refractivity contribution in [1.82, 2.24) is 4.90 Å². The van der Waals surface area contributed by atoms with Crippen molar-refractivity contribution >= 4 is 18.0 Å². The van der Waals surface area contributed by atoms with Crippen LogP contribution >= 0.6 is 0 Å². The zero-order chi connectivity index (χ0) is 30.9. The summed E-state index contributed by atoms with van der Waals surface area (Å²) in [4.78, 5) is 39.4. The first-order valence-corrected chi connectivity index (χ1v) is 14.5. The molecule has 0 bridgehead atoms. The molecule has 0 aliphatic carbocycles. The summed E-state index contributed by atoms with van der Waals surface area (Å²) in [5.74, 6) is -2.50. The first kappa shape index (κ1) is 35.0. The number of carbonyl (C=O) groups is 3. The molecule has 2 heterocycles. The van der Waals surface area contributed by atoms with E-state index in [1.165, 1.54) is 12.2 Å². The van der Waals surface area contributed by atoms with Crippen molar-refractivity contribution in [2.45, 2.75) is 96.7 Å². The van der Waals surface area contributed by atoms with Crippen molar-refractivity contribution in [2.24, 2.45) is 23.7 Å². The Morgan fingerprint density at radius 1 is 1.10 bits per heavy atom. The van der Waals surface area contributed by atoms with E-state index in [2.05, 4.69) is 0 Å². The minimum Gasteiger partial charge on any atom is -0.459 e. The van der Waals surface area contributed by atoms with E-state index < -0.39 is 72.5 Å². The van der Waals surface area contributed by atoms with Gasteiger partial charge >= 0.3 is 5.97 Å².